The third kappa shape index (κ3) is 5.00. The van der Waals surface area contributed by atoms with Crippen LogP contribution in [0.3, 0.4) is 0 Å². The highest BCUT2D eigenvalue weighted by molar-refractivity contribution is 8.18. The Morgan fingerprint density at radius 2 is 1.97 bits per heavy atom. The summed E-state index contributed by atoms with van der Waals surface area (Å²) in [6, 6.07) is 13.3. The largest absolute Gasteiger partial charge is 0.508 e. The number of thioether (sulfide) groups is 1. The van der Waals surface area contributed by atoms with Gasteiger partial charge >= 0.3 is 5.97 Å². The van der Waals surface area contributed by atoms with Crippen molar-refractivity contribution in [2.75, 3.05) is 6.54 Å². The first-order valence-electron chi connectivity index (χ1n) is 8.78. The Kier molecular flexibility index (Phi) is 6.76. The van der Waals surface area contributed by atoms with Gasteiger partial charge in [-0.15, -0.1) is 6.58 Å². The SMILES string of the molecule is C=CCN1C(=O)/C(=C/C(Cl)=C/c2ccccc2)SC1=Nc1ccc(O)cc1C(=O)O. The van der Waals surface area contributed by atoms with Gasteiger partial charge in [0.15, 0.2) is 5.17 Å². The van der Waals surface area contributed by atoms with Crippen LogP contribution >= 0.6 is 23.4 Å². The van der Waals surface area contributed by atoms with Crippen LogP contribution in [-0.2, 0) is 4.79 Å². The van der Waals surface area contributed by atoms with Crippen molar-refractivity contribution >= 4 is 52.2 Å². The van der Waals surface area contributed by atoms with Crippen LogP contribution in [0, 0.1) is 0 Å². The molecule has 0 atom stereocenters. The van der Waals surface area contributed by atoms with Crippen molar-refractivity contribution in [1.82, 2.24) is 4.90 Å². The highest BCUT2D eigenvalue weighted by Gasteiger charge is 2.33. The van der Waals surface area contributed by atoms with E-state index in [9.17, 15) is 19.8 Å². The molecule has 6 nitrogen and oxygen atoms in total. The van der Waals surface area contributed by atoms with E-state index in [0.29, 0.717) is 15.1 Å². The molecule has 1 aliphatic heterocycles. The monoisotopic (exact) mass is 440 g/mol. The van der Waals surface area contributed by atoms with Gasteiger partial charge in [-0.25, -0.2) is 9.79 Å². The number of halogens is 1. The number of carbonyl (C=O) groups excluding carboxylic acids is 1. The number of aromatic hydroxyl groups is 1. The van der Waals surface area contributed by atoms with E-state index in [-0.39, 0.29) is 29.5 Å². The van der Waals surface area contributed by atoms with Crippen LogP contribution in [0.25, 0.3) is 6.08 Å². The summed E-state index contributed by atoms with van der Waals surface area (Å²) >= 11 is 7.40. The van der Waals surface area contributed by atoms with Crippen molar-refractivity contribution in [3.05, 3.63) is 88.3 Å². The van der Waals surface area contributed by atoms with Crippen LogP contribution in [0.5, 0.6) is 5.75 Å². The van der Waals surface area contributed by atoms with Gasteiger partial charge in [0, 0.05) is 11.6 Å². The second-order valence-electron chi connectivity index (χ2n) is 6.16. The van der Waals surface area contributed by atoms with E-state index in [1.54, 1.807) is 18.2 Å². The summed E-state index contributed by atoms with van der Waals surface area (Å²) in [6.45, 7) is 3.85. The van der Waals surface area contributed by atoms with Gasteiger partial charge in [-0.3, -0.25) is 9.69 Å². The fraction of sp³-hybridized carbons (Fsp3) is 0.0455. The number of amidine groups is 1. The van der Waals surface area contributed by atoms with Crippen LogP contribution in [0.15, 0.2) is 82.2 Å². The second-order valence-corrected chi connectivity index (χ2v) is 7.60. The van der Waals surface area contributed by atoms with Crippen molar-refractivity contribution < 1.29 is 19.8 Å². The van der Waals surface area contributed by atoms with Gasteiger partial charge in [-0.2, -0.15) is 0 Å². The molecule has 2 aromatic rings. The van der Waals surface area contributed by atoms with Crippen LogP contribution in [0.1, 0.15) is 15.9 Å². The molecule has 1 aliphatic rings. The number of benzene rings is 2. The summed E-state index contributed by atoms with van der Waals surface area (Å²) in [4.78, 5) is 30.4. The van der Waals surface area contributed by atoms with E-state index >= 15 is 0 Å². The normalized spacial score (nSPS) is 17.0. The van der Waals surface area contributed by atoms with Gasteiger partial charge in [0.1, 0.15) is 5.75 Å². The van der Waals surface area contributed by atoms with E-state index in [0.717, 1.165) is 23.4 Å². The van der Waals surface area contributed by atoms with E-state index in [1.165, 1.54) is 17.0 Å². The predicted octanol–water partition coefficient (Wildman–Crippen LogP) is 5.00. The van der Waals surface area contributed by atoms with Crippen LogP contribution in [-0.4, -0.2) is 38.7 Å². The average molecular weight is 441 g/mol. The highest BCUT2D eigenvalue weighted by atomic mass is 35.5. The lowest BCUT2D eigenvalue weighted by molar-refractivity contribution is -0.121. The number of hydrogen-bond donors (Lipinski definition) is 2. The smallest absolute Gasteiger partial charge is 0.338 e. The second kappa shape index (κ2) is 9.47. The molecule has 1 amide bonds. The molecule has 152 valence electrons. The molecular formula is C22H17ClN2O4S. The molecule has 1 saturated heterocycles. The standard InChI is InChI=1S/C22H17ClN2O4S/c1-2-10-25-20(27)19(12-15(23)11-14-6-4-3-5-7-14)30-22(25)24-18-9-8-16(26)13-17(18)21(28)29/h2-9,11-13,26H,1,10H2,(H,28,29)/b15-11-,19-12-,24-22?. The number of nitrogens with zero attached hydrogens (tertiary/aromatic N) is 2. The summed E-state index contributed by atoms with van der Waals surface area (Å²) in [5, 5.41) is 19.6. The minimum absolute atomic E-state index is 0.122. The molecule has 30 heavy (non-hydrogen) atoms. The molecule has 2 aromatic carbocycles. The number of aliphatic imine (C=N–C) groups is 1. The molecule has 3 rings (SSSR count). The van der Waals surface area contributed by atoms with Crippen molar-refractivity contribution in [2.45, 2.75) is 0 Å². The number of aromatic carboxylic acids is 1. The minimum Gasteiger partial charge on any atom is -0.508 e. The fourth-order valence-corrected chi connectivity index (χ4v) is 3.94. The number of amides is 1. The third-order valence-electron chi connectivity index (χ3n) is 4.00. The third-order valence-corrected chi connectivity index (χ3v) is 5.22. The Bertz CT molecular complexity index is 1090. The number of rotatable bonds is 6. The van der Waals surface area contributed by atoms with Gasteiger partial charge in [0.2, 0.25) is 0 Å². The number of phenols is 1. The number of phenolic OH excluding ortho intramolecular Hbond substituents is 1. The number of carboxylic acids is 1. The van der Waals surface area contributed by atoms with E-state index < -0.39 is 5.97 Å². The van der Waals surface area contributed by atoms with E-state index in [2.05, 4.69) is 11.6 Å². The lowest BCUT2D eigenvalue weighted by Crippen LogP contribution is -2.29. The molecular weight excluding hydrogens is 424 g/mol. The molecule has 0 spiro atoms. The number of hydrogen-bond acceptors (Lipinski definition) is 5. The Labute approximate surface area is 182 Å². The summed E-state index contributed by atoms with van der Waals surface area (Å²) < 4.78 is 0. The molecule has 0 unspecified atom stereocenters. The van der Waals surface area contributed by atoms with Crippen molar-refractivity contribution in [3.8, 4) is 5.75 Å². The zero-order chi connectivity index (χ0) is 21.7. The first-order valence-corrected chi connectivity index (χ1v) is 9.98. The Morgan fingerprint density at radius 3 is 2.63 bits per heavy atom. The fourth-order valence-electron chi connectivity index (χ4n) is 2.65. The van der Waals surface area contributed by atoms with Gasteiger partial charge in [-0.05, 0) is 47.7 Å². The van der Waals surface area contributed by atoms with Crippen LogP contribution < -0.4 is 0 Å². The number of carbonyl (C=O) groups is 2. The molecule has 1 heterocycles. The summed E-state index contributed by atoms with van der Waals surface area (Å²) in [5.74, 6) is -1.73. The Morgan fingerprint density at radius 1 is 1.23 bits per heavy atom. The molecule has 1 fully saturated rings. The predicted molar refractivity (Wildman–Crippen MR) is 120 cm³/mol. The zero-order valence-electron chi connectivity index (χ0n) is 15.7. The molecule has 0 radical (unpaired) electrons. The van der Waals surface area contributed by atoms with Crippen molar-refractivity contribution in [2.24, 2.45) is 4.99 Å². The van der Waals surface area contributed by atoms with Crippen molar-refractivity contribution in [3.63, 3.8) is 0 Å². The highest BCUT2D eigenvalue weighted by Crippen LogP contribution is 2.35. The molecule has 2 N–H and O–H groups in total. The molecule has 0 saturated carbocycles. The number of allylic oxidation sites excluding steroid dienone is 2. The average Bonchev–Trinajstić information content (AvgIpc) is 2.99. The maximum absolute atomic E-state index is 12.8. The molecule has 8 heteroatoms. The summed E-state index contributed by atoms with van der Waals surface area (Å²) in [6.07, 6.45) is 4.83. The van der Waals surface area contributed by atoms with Crippen LogP contribution in [0.2, 0.25) is 0 Å². The first kappa shape index (κ1) is 21.4. The molecule has 0 aliphatic carbocycles. The Balaban J connectivity index is 1.97. The van der Waals surface area contributed by atoms with Crippen molar-refractivity contribution in [1.29, 1.82) is 0 Å². The van der Waals surface area contributed by atoms with E-state index in [4.69, 9.17) is 11.6 Å². The van der Waals surface area contributed by atoms with Gasteiger partial charge in [0.25, 0.3) is 5.91 Å². The maximum Gasteiger partial charge on any atom is 0.338 e. The zero-order valence-corrected chi connectivity index (χ0v) is 17.2. The quantitative estimate of drug-likeness (QED) is 0.487. The topological polar surface area (TPSA) is 90.2 Å². The van der Waals surface area contributed by atoms with E-state index in [1.807, 2.05) is 30.3 Å². The van der Waals surface area contributed by atoms with Gasteiger partial charge in [0.05, 0.1) is 16.2 Å². The van der Waals surface area contributed by atoms with Gasteiger partial charge < -0.3 is 10.2 Å². The molecule has 0 bridgehead atoms. The first-order chi connectivity index (χ1) is 14.4. The Hall–Kier alpha value is -3.29. The lowest BCUT2D eigenvalue weighted by atomic mass is 10.2. The summed E-state index contributed by atoms with van der Waals surface area (Å²) in [5.41, 5.74) is 0.840. The molecule has 0 aromatic heterocycles. The van der Waals surface area contributed by atoms with Gasteiger partial charge in [-0.1, -0.05) is 48.0 Å². The lowest BCUT2D eigenvalue weighted by Gasteiger charge is -2.13. The minimum atomic E-state index is -1.24. The summed E-state index contributed by atoms with van der Waals surface area (Å²) in [7, 11) is 0. The van der Waals surface area contributed by atoms with Crippen LogP contribution in [0.4, 0.5) is 5.69 Å². The maximum atomic E-state index is 12.8. The number of carboxylic acid groups (broad SMARTS) is 1.